The molecule has 0 aromatic carbocycles. The van der Waals surface area contributed by atoms with Gasteiger partial charge in [-0.3, -0.25) is 4.79 Å². The van der Waals surface area contributed by atoms with E-state index in [1.54, 1.807) is 6.07 Å². The third kappa shape index (κ3) is 2.70. The highest BCUT2D eigenvalue weighted by atomic mass is 16.1. The zero-order valence-electron chi connectivity index (χ0n) is 10.9. The molecular weight excluding hydrogens is 244 g/mol. The average Bonchev–Trinajstić information content (AvgIpc) is 2.78. The number of hydrogen-bond donors (Lipinski definition) is 2. The third-order valence-electron chi connectivity index (χ3n) is 2.59. The topological polar surface area (TPSA) is 98.7 Å². The summed E-state index contributed by atoms with van der Waals surface area (Å²) in [7, 11) is 0. The van der Waals surface area contributed by atoms with Crippen molar-refractivity contribution in [1.82, 2.24) is 25.1 Å². The Labute approximate surface area is 110 Å². The standard InChI is InChI=1S/C12H16N6O/c1-3-4-14-12(19)9-6-17-18(11(9)13)10-5-8(2)15-7-16-10/h5-7H,3-4,13H2,1-2H3,(H,14,19). The quantitative estimate of drug-likeness (QED) is 0.842. The van der Waals surface area contributed by atoms with Crippen LogP contribution in [0, 0.1) is 6.92 Å². The monoisotopic (exact) mass is 260 g/mol. The lowest BCUT2D eigenvalue weighted by molar-refractivity contribution is 0.0954. The molecule has 0 spiro atoms. The van der Waals surface area contributed by atoms with E-state index < -0.39 is 0 Å². The van der Waals surface area contributed by atoms with Gasteiger partial charge >= 0.3 is 0 Å². The summed E-state index contributed by atoms with van der Waals surface area (Å²) in [6.45, 7) is 4.44. The SMILES string of the molecule is CCCNC(=O)c1cnn(-c2cc(C)ncn2)c1N. The largest absolute Gasteiger partial charge is 0.383 e. The summed E-state index contributed by atoms with van der Waals surface area (Å²) < 4.78 is 1.43. The minimum absolute atomic E-state index is 0.226. The van der Waals surface area contributed by atoms with Gasteiger partial charge in [-0.1, -0.05) is 6.92 Å². The van der Waals surface area contributed by atoms with Crippen molar-refractivity contribution in [3.05, 3.63) is 29.8 Å². The average molecular weight is 260 g/mol. The summed E-state index contributed by atoms with van der Waals surface area (Å²) >= 11 is 0. The molecule has 2 aromatic heterocycles. The maximum Gasteiger partial charge on any atom is 0.256 e. The van der Waals surface area contributed by atoms with Gasteiger partial charge in [0.2, 0.25) is 0 Å². The molecule has 0 aliphatic carbocycles. The van der Waals surface area contributed by atoms with Crippen LogP contribution >= 0.6 is 0 Å². The molecule has 0 saturated carbocycles. The Morgan fingerprint density at radius 1 is 1.47 bits per heavy atom. The van der Waals surface area contributed by atoms with Crippen LogP contribution < -0.4 is 11.1 Å². The summed E-state index contributed by atoms with van der Waals surface area (Å²) in [5, 5.41) is 6.86. The van der Waals surface area contributed by atoms with Gasteiger partial charge in [0.05, 0.1) is 6.20 Å². The van der Waals surface area contributed by atoms with Crippen molar-refractivity contribution < 1.29 is 4.79 Å². The molecule has 1 amide bonds. The van der Waals surface area contributed by atoms with E-state index in [0.717, 1.165) is 12.1 Å². The zero-order valence-corrected chi connectivity index (χ0v) is 10.9. The smallest absolute Gasteiger partial charge is 0.256 e. The van der Waals surface area contributed by atoms with Crippen LogP contribution in [0.25, 0.3) is 5.82 Å². The van der Waals surface area contributed by atoms with Crippen molar-refractivity contribution in [3.8, 4) is 5.82 Å². The maximum absolute atomic E-state index is 11.9. The lowest BCUT2D eigenvalue weighted by Gasteiger charge is -2.05. The van der Waals surface area contributed by atoms with Crippen molar-refractivity contribution in [2.45, 2.75) is 20.3 Å². The molecule has 2 heterocycles. The Morgan fingerprint density at radius 2 is 2.26 bits per heavy atom. The first-order valence-corrected chi connectivity index (χ1v) is 6.04. The normalized spacial score (nSPS) is 10.4. The molecule has 3 N–H and O–H groups in total. The summed E-state index contributed by atoms with van der Waals surface area (Å²) in [4.78, 5) is 19.9. The van der Waals surface area contributed by atoms with E-state index in [1.165, 1.54) is 17.2 Å². The van der Waals surface area contributed by atoms with Crippen molar-refractivity contribution in [2.24, 2.45) is 0 Å². The predicted molar refractivity (Wildman–Crippen MR) is 70.9 cm³/mol. The minimum atomic E-state index is -0.226. The molecule has 2 aromatic rings. The van der Waals surface area contributed by atoms with Gasteiger partial charge in [-0.05, 0) is 13.3 Å². The number of hydrogen-bond acceptors (Lipinski definition) is 5. The molecule has 19 heavy (non-hydrogen) atoms. The molecule has 0 radical (unpaired) electrons. The number of nitrogens with zero attached hydrogens (tertiary/aromatic N) is 4. The van der Waals surface area contributed by atoms with Gasteiger partial charge in [-0.2, -0.15) is 9.78 Å². The van der Waals surface area contributed by atoms with E-state index in [4.69, 9.17) is 5.73 Å². The van der Waals surface area contributed by atoms with E-state index in [9.17, 15) is 4.79 Å². The summed E-state index contributed by atoms with van der Waals surface area (Å²) in [5.74, 6) is 0.586. The Bertz CT molecular complexity index is 592. The molecule has 0 aliphatic rings. The first-order valence-electron chi connectivity index (χ1n) is 6.04. The summed E-state index contributed by atoms with van der Waals surface area (Å²) in [6.07, 6.45) is 3.74. The number of carbonyl (C=O) groups is 1. The van der Waals surface area contributed by atoms with Gasteiger partial charge in [0.25, 0.3) is 5.91 Å². The minimum Gasteiger partial charge on any atom is -0.383 e. The van der Waals surface area contributed by atoms with E-state index in [0.29, 0.717) is 17.9 Å². The fourth-order valence-corrected chi connectivity index (χ4v) is 1.61. The highest BCUT2D eigenvalue weighted by molar-refractivity contribution is 5.98. The number of nitrogens with two attached hydrogens (primary N) is 1. The van der Waals surface area contributed by atoms with Crippen LogP contribution in [0.3, 0.4) is 0 Å². The second-order valence-corrected chi connectivity index (χ2v) is 4.13. The van der Waals surface area contributed by atoms with Crippen molar-refractivity contribution in [3.63, 3.8) is 0 Å². The van der Waals surface area contributed by atoms with E-state index >= 15 is 0 Å². The van der Waals surface area contributed by atoms with E-state index in [-0.39, 0.29) is 11.7 Å². The first kappa shape index (κ1) is 13.0. The number of amides is 1. The Balaban J connectivity index is 2.30. The van der Waals surface area contributed by atoms with Crippen LogP contribution in [0.5, 0.6) is 0 Å². The van der Waals surface area contributed by atoms with Gasteiger partial charge in [0.1, 0.15) is 17.7 Å². The second-order valence-electron chi connectivity index (χ2n) is 4.13. The van der Waals surface area contributed by atoms with Crippen LogP contribution in [0.15, 0.2) is 18.6 Å². The molecule has 0 atom stereocenters. The first-order chi connectivity index (χ1) is 9.13. The number of rotatable bonds is 4. The molecule has 0 aliphatic heterocycles. The van der Waals surface area contributed by atoms with Crippen molar-refractivity contribution in [1.29, 1.82) is 0 Å². The molecule has 2 rings (SSSR count). The summed E-state index contributed by atoms with van der Waals surface area (Å²) in [6, 6.07) is 1.75. The lowest BCUT2D eigenvalue weighted by atomic mass is 10.3. The van der Waals surface area contributed by atoms with Gasteiger partial charge in [-0.15, -0.1) is 0 Å². The van der Waals surface area contributed by atoms with Gasteiger partial charge in [0, 0.05) is 18.3 Å². The zero-order chi connectivity index (χ0) is 13.8. The third-order valence-corrected chi connectivity index (χ3v) is 2.59. The van der Waals surface area contributed by atoms with E-state index in [1.807, 2.05) is 13.8 Å². The van der Waals surface area contributed by atoms with Crippen LogP contribution in [0.1, 0.15) is 29.4 Å². The van der Waals surface area contributed by atoms with Gasteiger partial charge in [-0.25, -0.2) is 9.97 Å². The Kier molecular flexibility index (Phi) is 3.74. The Hall–Kier alpha value is -2.44. The number of nitrogens with one attached hydrogen (secondary N) is 1. The maximum atomic E-state index is 11.9. The highest BCUT2D eigenvalue weighted by Gasteiger charge is 2.16. The second kappa shape index (κ2) is 5.47. The number of aryl methyl sites for hydroxylation is 1. The Morgan fingerprint density at radius 3 is 2.95 bits per heavy atom. The number of nitrogen functional groups attached to an aromatic ring is 1. The number of aromatic nitrogens is 4. The van der Waals surface area contributed by atoms with Crippen LogP contribution in [0.4, 0.5) is 5.82 Å². The fraction of sp³-hybridized carbons (Fsp3) is 0.333. The van der Waals surface area contributed by atoms with E-state index in [2.05, 4.69) is 20.4 Å². The molecule has 0 bridgehead atoms. The fourth-order valence-electron chi connectivity index (χ4n) is 1.61. The van der Waals surface area contributed by atoms with Crippen molar-refractivity contribution in [2.75, 3.05) is 12.3 Å². The number of carbonyl (C=O) groups excluding carboxylic acids is 1. The molecule has 0 fully saturated rings. The summed E-state index contributed by atoms with van der Waals surface area (Å²) in [5.41, 5.74) is 7.09. The predicted octanol–water partition coefficient (Wildman–Crippen LogP) is 0.693. The van der Waals surface area contributed by atoms with Crippen LogP contribution in [0.2, 0.25) is 0 Å². The number of anilines is 1. The molecule has 0 unspecified atom stereocenters. The molecular formula is C12H16N6O. The van der Waals surface area contributed by atoms with Crippen LogP contribution in [-0.2, 0) is 0 Å². The van der Waals surface area contributed by atoms with Crippen LogP contribution in [-0.4, -0.2) is 32.2 Å². The molecule has 0 saturated heterocycles. The van der Waals surface area contributed by atoms with Gasteiger partial charge < -0.3 is 11.1 Å². The molecule has 7 heteroatoms. The van der Waals surface area contributed by atoms with Gasteiger partial charge in [0.15, 0.2) is 5.82 Å². The molecule has 100 valence electrons. The highest BCUT2D eigenvalue weighted by Crippen LogP contribution is 2.15. The molecule has 7 nitrogen and oxygen atoms in total. The lowest BCUT2D eigenvalue weighted by Crippen LogP contribution is -2.24. The van der Waals surface area contributed by atoms with Crippen molar-refractivity contribution >= 4 is 11.7 Å².